The van der Waals surface area contributed by atoms with Crippen molar-refractivity contribution in [2.45, 2.75) is 25.8 Å². The van der Waals surface area contributed by atoms with E-state index in [1.54, 1.807) is 17.9 Å². The summed E-state index contributed by atoms with van der Waals surface area (Å²) in [5.74, 6) is -1.70. The number of nitrogens with two attached hydrogens (primary N) is 1. The maximum absolute atomic E-state index is 14.5. The number of piperidine rings is 1. The standard InChI is InChI=1S/C23H22F2N6O2/c1-13-20(23(32)30-7-3-4-16(27)12-30)29-21(14-5-6-15(10-26)18(24)8-14)31(13)17-9-19(25)22(33-2)28-11-17/h5-6,8-9,11,16H,3-4,7,12,27H2,1-2H3/t16-/m1/s1. The summed E-state index contributed by atoms with van der Waals surface area (Å²) in [6.07, 6.45) is 3.00. The lowest BCUT2D eigenvalue weighted by molar-refractivity contribution is 0.0702. The van der Waals surface area contributed by atoms with Crippen LogP contribution in [0.15, 0.2) is 30.5 Å². The lowest BCUT2D eigenvalue weighted by Crippen LogP contribution is -2.46. The summed E-state index contributed by atoms with van der Waals surface area (Å²) < 4.78 is 35.3. The number of rotatable bonds is 4. The van der Waals surface area contributed by atoms with E-state index in [4.69, 9.17) is 15.7 Å². The van der Waals surface area contributed by atoms with Gasteiger partial charge in [-0.05, 0) is 38.0 Å². The molecular weight excluding hydrogens is 430 g/mol. The number of hydrogen-bond acceptors (Lipinski definition) is 6. The van der Waals surface area contributed by atoms with Gasteiger partial charge >= 0.3 is 0 Å². The molecule has 3 heterocycles. The topological polar surface area (TPSA) is 110 Å². The van der Waals surface area contributed by atoms with E-state index in [-0.39, 0.29) is 40.6 Å². The average molecular weight is 452 g/mol. The molecule has 2 aromatic heterocycles. The van der Waals surface area contributed by atoms with Crippen LogP contribution >= 0.6 is 0 Å². The zero-order valence-electron chi connectivity index (χ0n) is 18.2. The molecule has 1 saturated heterocycles. The average Bonchev–Trinajstić information content (AvgIpc) is 3.15. The summed E-state index contributed by atoms with van der Waals surface area (Å²) in [5, 5.41) is 9.05. The molecule has 1 aromatic carbocycles. The molecule has 10 heteroatoms. The van der Waals surface area contributed by atoms with Crippen LogP contribution in [0.5, 0.6) is 5.88 Å². The third kappa shape index (κ3) is 4.15. The Morgan fingerprint density at radius 3 is 2.73 bits per heavy atom. The number of carbonyl (C=O) groups is 1. The molecule has 0 spiro atoms. The zero-order chi connectivity index (χ0) is 23.7. The van der Waals surface area contributed by atoms with E-state index in [2.05, 4.69) is 9.97 Å². The highest BCUT2D eigenvalue weighted by Gasteiger charge is 2.29. The zero-order valence-corrected chi connectivity index (χ0v) is 18.2. The number of hydrogen-bond donors (Lipinski definition) is 1. The minimum atomic E-state index is -0.726. The van der Waals surface area contributed by atoms with E-state index < -0.39 is 11.6 Å². The first-order valence-corrected chi connectivity index (χ1v) is 10.4. The smallest absolute Gasteiger partial charge is 0.274 e. The van der Waals surface area contributed by atoms with Crippen LogP contribution in [0.2, 0.25) is 0 Å². The Balaban J connectivity index is 1.88. The van der Waals surface area contributed by atoms with E-state index in [1.165, 1.54) is 36.1 Å². The van der Waals surface area contributed by atoms with Crippen LogP contribution in [0.25, 0.3) is 17.1 Å². The number of likely N-dealkylation sites (tertiary alicyclic amines) is 1. The van der Waals surface area contributed by atoms with Crippen molar-refractivity contribution >= 4 is 5.91 Å². The number of aromatic nitrogens is 3. The summed E-state index contributed by atoms with van der Waals surface area (Å²) >= 11 is 0. The molecule has 0 aliphatic carbocycles. The number of ether oxygens (including phenoxy) is 1. The third-order valence-electron chi connectivity index (χ3n) is 5.65. The Kier molecular flexibility index (Phi) is 6.07. The van der Waals surface area contributed by atoms with Gasteiger partial charge in [-0.2, -0.15) is 5.26 Å². The number of nitrogens with zero attached hydrogens (tertiary/aromatic N) is 5. The summed E-state index contributed by atoms with van der Waals surface area (Å²) in [5.41, 5.74) is 7.11. The van der Waals surface area contributed by atoms with Gasteiger partial charge in [0.2, 0.25) is 5.88 Å². The normalized spacial score (nSPS) is 15.9. The largest absolute Gasteiger partial charge is 0.479 e. The van der Waals surface area contributed by atoms with Crippen molar-refractivity contribution < 1.29 is 18.3 Å². The molecule has 1 aliphatic heterocycles. The summed E-state index contributed by atoms with van der Waals surface area (Å²) in [4.78, 5) is 23.4. The van der Waals surface area contributed by atoms with Gasteiger partial charge in [-0.15, -0.1) is 0 Å². The number of amides is 1. The molecule has 8 nitrogen and oxygen atoms in total. The van der Waals surface area contributed by atoms with Crippen molar-refractivity contribution in [3.8, 4) is 29.0 Å². The Hall–Kier alpha value is -3.84. The van der Waals surface area contributed by atoms with Crippen LogP contribution in [-0.2, 0) is 0 Å². The van der Waals surface area contributed by atoms with E-state index in [1.807, 2.05) is 0 Å². The first kappa shape index (κ1) is 22.4. The van der Waals surface area contributed by atoms with Crippen LogP contribution in [0.4, 0.5) is 8.78 Å². The van der Waals surface area contributed by atoms with E-state index in [0.717, 1.165) is 18.9 Å². The number of benzene rings is 1. The Morgan fingerprint density at radius 2 is 2.09 bits per heavy atom. The van der Waals surface area contributed by atoms with E-state index in [0.29, 0.717) is 24.3 Å². The lowest BCUT2D eigenvalue weighted by atomic mass is 10.1. The molecule has 0 radical (unpaired) electrons. The van der Waals surface area contributed by atoms with Crippen LogP contribution in [0.3, 0.4) is 0 Å². The third-order valence-corrected chi connectivity index (χ3v) is 5.65. The van der Waals surface area contributed by atoms with Gasteiger partial charge in [-0.25, -0.2) is 18.7 Å². The first-order valence-electron chi connectivity index (χ1n) is 10.4. The second kappa shape index (κ2) is 8.96. The summed E-state index contributed by atoms with van der Waals surface area (Å²) in [6.45, 7) is 2.64. The highest BCUT2D eigenvalue weighted by molar-refractivity contribution is 5.94. The number of carbonyl (C=O) groups excluding carboxylic acids is 1. The molecule has 4 rings (SSSR count). The van der Waals surface area contributed by atoms with Crippen LogP contribution in [-0.4, -0.2) is 51.6 Å². The maximum Gasteiger partial charge on any atom is 0.274 e. The second-order valence-electron chi connectivity index (χ2n) is 7.85. The SMILES string of the molecule is COc1ncc(-n2c(-c3ccc(C#N)c(F)c3)nc(C(=O)N3CCC[C@@H](N)C3)c2C)cc1F. The summed E-state index contributed by atoms with van der Waals surface area (Å²) in [7, 11) is 1.30. The van der Waals surface area contributed by atoms with Crippen molar-refractivity contribution in [2.24, 2.45) is 5.73 Å². The van der Waals surface area contributed by atoms with Crippen molar-refractivity contribution in [2.75, 3.05) is 20.2 Å². The van der Waals surface area contributed by atoms with Gasteiger partial charge in [-0.1, -0.05) is 0 Å². The molecule has 1 fully saturated rings. The fourth-order valence-corrected chi connectivity index (χ4v) is 3.99. The Bertz CT molecular complexity index is 1270. The monoisotopic (exact) mass is 452 g/mol. The molecule has 2 N–H and O–H groups in total. The van der Waals surface area contributed by atoms with Gasteiger partial charge in [0.25, 0.3) is 5.91 Å². The molecule has 1 atom stereocenters. The van der Waals surface area contributed by atoms with Crippen LogP contribution in [0, 0.1) is 29.9 Å². The Labute approximate surface area is 189 Å². The molecule has 0 unspecified atom stereocenters. The molecule has 1 aliphatic rings. The molecule has 0 bridgehead atoms. The number of methoxy groups -OCH3 is 1. The molecule has 1 amide bonds. The first-order chi connectivity index (χ1) is 15.8. The molecular formula is C23H22F2N6O2. The number of pyridine rings is 1. The minimum absolute atomic E-state index is 0.114. The van der Waals surface area contributed by atoms with Gasteiger partial charge in [0.15, 0.2) is 5.82 Å². The number of imidazole rings is 1. The second-order valence-corrected chi connectivity index (χ2v) is 7.85. The van der Waals surface area contributed by atoms with Crippen molar-refractivity contribution in [1.82, 2.24) is 19.4 Å². The number of halogens is 2. The minimum Gasteiger partial charge on any atom is -0.479 e. The number of nitriles is 1. The lowest BCUT2D eigenvalue weighted by Gasteiger charge is -2.30. The quantitative estimate of drug-likeness (QED) is 0.652. The fourth-order valence-electron chi connectivity index (χ4n) is 3.99. The van der Waals surface area contributed by atoms with E-state index >= 15 is 0 Å². The molecule has 170 valence electrons. The molecule has 0 saturated carbocycles. The van der Waals surface area contributed by atoms with Crippen molar-refractivity contribution in [3.05, 3.63) is 59.0 Å². The highest BCUT2D eigenvalue weighted by atomic mass is 19.1. The maximum atomic E-state index is 14.5. The molecule has 3 aromatic rings. The van der Waals surface area contributed by atoms with Crippen molar-refractivity contribution in [1.29, 1.82) is 5.26 Å². The predicted octanol–water partition coefficient (Wildman–Crippen LogP) is 2.96. The fraction of sp³-hybridized carbons (Fsp3) is 0.304. The van der Waals surface area contributed by atoms with E-state index in [9.17, 15) is 13.6 Å². The van der Waals surface area contributed by atoms with Gasteiger partial charge in [0.1, 0.15) is 23.4 Å². The predicted molar refractivity (Wildman–Crippen MR) is 116 cm³/mol. The van der Waals surface area contributed by atoms with Gasteiger partial charge < -0.3 is 15.4 Å². The molecule has 33 heavy (non-hydrogen) atoms. The van der Waals surface area contributed by atoms with Gasteiger partial charge in [-0.3, -0.25) is 9.36 Å². The van der Waals surface area contributed by atoms with Gasteiger partial charge in [0, 0.05) is 30.8 Å². The Morgan fingerprint density at radius 1 is 1.30 bits per heavy atom. The van der Waals surface area contributed by atoms with Gasteiger partial charge in [0.05, 0.1) is 30.3 Å². The highest BCUT2D eigenvalue weighted by Crippen LogP contribution is 2.30. The van der Waals surface area contributed by atoms with Crippen LogP contribution < -0.4 is 10.5 Å². The summed E-state index contributed by atoms with van der Waals surface area (Å²) in [6, 6.07) is 6.88. The van der Waals surface area contributed by atoms with Crippen molar-refractivity contribution in [3.63, 3.8) is 0 Å². The van der Waals surface area contributed by atoms with Crippen LogP contribution in [0.1, 0.15) is 34.6 Å².